The minimum atomic E-state index is -0.114. The number of hydrogen-bond acceptors (Lipinski definition) is 2. The molecule has 0 aliphatic carbocycles. The summed E-state index contributed by atoms with van der Waals surface area (Å²) in [6, 6.07) is 5.32. The van der Waals surface area contributed by atoms with Gasteiger partial charge in [0.25, 0.3) is 0 Å². The van der Waals surface area contributed by atoms with Crippen molar-refractivity contribution in [1.82, 2.24) is 9.80 Å². The largest absolute Gasteiger partial charge is 0.305 e. The fourth-order valence-corrected chi connectivity index (χ4v) is 2.48. The van der Waals surface area contributed by atoms with Crippen LogP contribution < -0.4 is 0 Å². The van der Waals surface area contributed by atoms with Gasteiger partial charge in [0.2, 0.25) is 0 Å². The van der Waals surface area contributed by atoms with E-state index in [2.05, 4.69) is 32.8 Å². The summed E-state index contributed by atoms with van der Waals surface area (Å²) in [5.41, 5.74) is 0.790. The van der Waals surface area contributed by atoms with E-state index in [9.17, 15) is 4.39 Å². The Kier molecular flexibility index (Phi) is 4.54. The standard InChI is InChI=1S/C13H18BrFN2/c1-16-5-2-6-17(8-7-16)10-11-3-4-12(14)9-13(11)15/h3-4,9H,2,5-8,10H2,1H3. The topological polar surface area (TPSA) is 6.48 Å². The molecule has 2 rings (SSSR count). The van der Waals surface area contributed by atoms with Gasteiger partial charge in [-0.1, -0.05) is 22.0 Å². The van der Waals surface area contributed by atoms with E-state index in [1.165, 1.54) is 0 Å². The van der Waals surface area contributed by atoms with E-state index in [4.69, 9.17) is 0 Å². The predicted molar refractivity (Wildman–Crippen MR) is 71.5 cm³/mol. The Balaban J connectivity index is 2.00. The summed E-state index contributed by atoms with van der Waals surface area (Å²) in [6.07, 6.45) is 1.16. The summed E-state index contributed by atoms with van der Waals surface area (Å²) in [5, 5.41) is 0. The SMILES string of the molecule is CN1CCCN(Cc2ccc(Br)cc2F)CC1. The molecular weight excluding hydrogens is 283 g/mol. The Morgan fingerprint density at radius 3 is 2.82 bits per heavy atom. The first kappa shape index (κ1) is 13.0. The van der Waals surface area contributed by atoms with Crippen LogP contribution in [0.1, 0.15) is 12.0 Å². The fraction of sp³-hybridized carbons (Fsp3) is 0.538. The first-order valence-corrected chi connectivity index (χ1v) is 6.79. The zero-order chi connectivity index (χ0) is 12.3. The molecule has 0 bridgehead atoms. The normalized spacial score (nSPS) is 19.2. The third-order valence-electron chi connectivity index (χ3n) is 3.22. The van der Waals surface area contributed by atoms with Crippen molar-refractivity contribution >= 4 is 15.9 Å². The van der Waals surface area contributed by atoms with Gasteiger partial charge in [-0.3, -0.25) is 4.90 Å². The second kappa shape index (κ2) is 5.94. The van der Waals surface area contributed by atoms with Gasteiger partial charge in [-0.2, -0.15) is 0 Å². The van der Waals surface area contributed by atoms with Crippen molar-refractivity contribution in [2.75, 3.05) is 33.2 Å². The molecule has 1 aromatic carbocycles. The van der Waals surface area contributed by atoms with Gasteiger partial charge in [0, 0.05) is 29.7 Å². The summed E-state index contributed by atoms with van der Waals surface area (Å²) in [4.78, 5) is 4.66. The summed E-state index contributed by atoms with van der Waals surface area (Å²) < 4.78 is 14.5. The smallest absolute Gasteiger partial charge is 0.128 e. The molecule has 1 fully saturated rings. The molecule has 0 unspecified atom stereocenters. The number of halogens is 2. The molecular formula is C13H18BrFN2. The molecule has 0 aromatic heterocycles. The molecule has 0 spiro atoms. The number of nitrogens with zero attached hydrogens (tertiary/aromatic N) is 2. The maximum Gasteiger partial charge on any atom is 0.128 e. The Labute approximate surface area is 111 Å². The molecule has 0 radical (unpaired) electrons. The number of rotatable bonds is 2. The molecule has 1 aliphatic rings. The van der Waals surface area contributed by atoms with Crippen molar-refractivity contribution in [2.24, 2.45) is 0 Å². The lowest BCUT2D eigenvalue weighted by molar-refractivity contribution is 0.266. The Morgan fingerprint density at radius 2 is 2.06 bits per heavy atom. The first-order chi connectivity index (χ1) is 8.15. The summed E-state index contributed by atoms with van der Waals surface area (Å²) >= 11 is 3.28. The monoisotopic (exact) mass is 300 g/mol. The van der Waals surface area contributed by atoms with Gasteiger partial charge in [0.1, 0.15) is 5.82 Å². The van der Waals surface area contributed by atoms with E-state index in [-0.39, 0.29) is 5.82 Å². The molecule has 0 atom stereocenters. The van der Waals surface area contributed by atoms with Crippen LogP contribution in [0.3, 0.4) is 0 Å². The summed E-state index contributed by atoms with van der Waals surface area (Å²) in [7, 11) is 2.14. The Bertz CT molecular complexity index is 384. The van der Waals surface area contributed by atoms with E-state index in [0.29, 0.717) is 6.54 Å². The maximum absolute atomic E-state index is 13.7. The van der Waals surface area contributed by atoms with Crippen LogP contribution in [0, 0.1) is 5.82 Å². The van der Waals surface area contributed by atoms with Crippen molar-refractivity contribution < 1.29 is 4.39 Å². The van der Waals surface area contributed by atoms with Crippen LogP contribution >= 0.6 is 15.9 Å². The minimum Gasteiger partial charge on any atom is -0.305 e. The van der Waals surface area contributed by atoms with Crippen molar-refractivity contribution in [2.45, 2.75) is 13.0 Å². The summed E-state index contributed by atoms with van der Waals surface area (Å²) in [6.45, 7) is 5.00. The van der Waals surface area contributed by atoms with E-state index in [1.54, 1.807) is 6.07 Å². The van der Waals surface area contributed by atoms with Crippen LogP contribution in [0.15, 0.2) is 22.7 Å². The molecule has 94 valence electrons. The average Bonchev–Trinajstić information content (AvgIpc) is 2.48. The molecule has 0 N–H and O–H groups in total. The highest BCUT2D eigenvalue weighted by atomic mass is 79.9. The van der Waals surface area contributed by atoms with Crippen LogP contribution in [0.2, 0.25) is 0 Å². The van der Waals surface area contributed by atoms with E-state index in [1.807, 2.05) is 12.1 Å². The van der Waals surface area contributed by atoms with Gasteiger partial charge in [-0.25, -0.2) is 4.39 Å². The second-order valence-electron chi connectivity index (χ2n) is 4.67. The molecule has 0 amide bonds. The average molecular weight is 301 g/mol. The van der Waals surface area contributed by atoms with E-state index in [0.717, 1.165) is 42.6 Å². The van der Waals surface area contributed by atoms with Gasteiger partial charge in [0.15, 0.2) is 0 Å². The van der Waals surface area contributed by atoms with Crippen LogP contribution in [0.5, 0.6) is 0 Å². The highest BCUT2D eigenvalue weighted by Crippen LogP contribution is 2.17. The molecule has 1 saturated heterocycles. The lowest BCUT2D eigenvalue weighted by Gasteiger charge is -2.20. The number of likely N-dealkylation sites (N-methyl/N-ethyl adjacent to an activating group) is 1. The molecule has 1 aromatic rings. The summed E-state index contributed by atoms with van der Waals surface area (Å²) in [5.74, 6) is -0.114. The second-order valence-corrected chi connectivity index (χ2v) is 5.58. The Hall–Kier alpha value is -0.450. The first-order valence-electron chi connectivity index (χ1n) is 6.00. The quantitative estimate of drug-likeness (QED) is 0.829. The number of benzene rings is 1. The number of hydrogen-bond donors (Lipinski definition) is 0. The molecule has 0 saturated carbocycles. The van der Waals surface area contributed by atoms with Gasteiger partial charge in [0.05, 0.1) is 0 Å². The zero-order valence-corrected chi connectivity index (χ0v) is 11.7. The Morgan fingerprint density at radius 1 is 1.24 bits per heavy atom. The van der Waals surface area contributed by atoms with E-state index >= 15 is 0 Å². The molecule has 2 nitrogen and oxygen atoms in total. The van der Waals surface area contributed by atoms with Gasteiger partial charge in [-0.15, -0.1) is 0 Å². The molecule has 1 heterocycles. The minimum absolute atomic E-state index is 0.114. The predicted octanol–water partition coefficient (Wildman–Crippen LogP) is 2.73. The highest BCUT2D eigenvalue weighted by Gasteiger charge is 2.13. The van der Waals surface area contributed by atoms with Crippen molar-refractivity contribution in [3.8, 4) is 0 Å². The van der Waals surface area contributed by atoms with E-state index < -0.39 is 0 Å². The van der Waals surface area contributed by atoms with Crippen molar-refractivity contribution in [3.05, 3.63) is 34.1 Å². The van der Waals surface area contributed by atoms with Gasteiger partial charge < -0.3 is 4.90 Å². The lowest BCUT2D eigenvalue weighted by atomic mass is 10.2. The highest BCUT2D eigenvalue weighted by molar-refractivity contribution is 9.10. The molecule has 17 heavy (non-hydrogen) atoms. The lowest BCUT2D eigenvalue weighted by Crippen LogP contribution is -2.28. The van der Waals surface area contributed by atoms with Crippen LogP contribution in [-0.4, -0.2) is 43.0 Å². The van der Waals surface area contributed by atoms with Crippen molar-refractivity contribution in [1.29, 1.82) is 0 Å². The molecule has 4 heteroatoms. The van der Waals surface area contributed by atoms with Crippen LogP contribution in [-0.2, 0) is 6.54 Å². The zero-order valence-electron chi connectivity index (χ0n) is 10.1. The third-order valence-corrected chi connectivity index (χ3v) is 3.71. The third kappa shape index (κ3) is 3.76. The fourth-order valence-electron chi connectivity index (χ4n) is 2.15. The van der Waals surface area contributed by atoms with Crippen LogP contribution in [0.25, 0.3) is 0 Å². The van der Waals surface area contributed by atoms with Gasteiger partial charge in [-0.05, 0) is 38.7 Å². The molecule has 1 aliphatic heterocycles. The maximum atomic E-state index is 13.7. The van der Waals surface area contributed by atoms with Crippen LogP contribution in [0.4, 0.5) is 4.39 Å². The van der Waals surface area contributed by atoms with Gasteiger partial charge >= 0.3 is 0 Å². The van der Waals surface area contributed by atoms with Crippen molar-refractivity contribution in [3.63, 3.8) is 0 Å².